The molecule has 0 aliphatic carbocycles. The van der Waals surface area contributed by atoms with E-state index in [1.807, 2.05) is 12.1 Å². The van der Waals surface area contributed by atoms with Crippen LogP contribution in [-0.4, -0.2) is 65.5 Å². The average molecular weight is 613 g/mol. The average Bonchev–Trinajstić information content (AvgIpc) is 3.01. The van der Waals surface area contributed by atoms with Crippen molar-refractivity contribution in [3.8, 4) is 34.5 Å². The molecule has 1 unspecified atom stereocenters. The standard InChI is InChI=1S/C34H53O7P.Li.H/c1-7-10-13-16-19-39-27-24-30(40-20-17-14-11-8-2)33(31(25-27)41-21-18-15-12-9-3)42-34(35)32-28(37-5)22-26(36-4)23-29(32)38-6;;/h22-25,42H,7-21H2,1-6H3;;. The van der Waals surface area contributed by atoms with Gasteiger partial charge in [0.15, 0.2) is 5.52 Å². The summed E-state index contributed by atoms with van der Waals surface area (Å²) in [5.74, 6) is 3.34. The number of carbonyl (C=O) groups excluding carboxylic acids is 1. The fraction of sp³-hybridized carbons (Fsp3) is 0.618. The van der Waals surface area contributed by atoms with E-state index in [4.69, 9.17) is 28.4 Å². The summed E-state index contributed by atoms with van der Waals surface area (Å²) in [4.78, 5) is 13.9. The number of benzene rings is 2. The molecule has 0 aliphatic rings. The normalized spacial score (nSPS) is 10.8. The van der Waals surface area contributed by atoms with Crippen molar-refractivity contribution in [1.82, 2.24) is 0 Å². The molecule has 9 heteroatoms. The third kappa shape index (κ3) is 13.6. The summed E-state index contributed by atoms with van der Waals surface area (Å²) < 4.78 is 35.4. The van der Waals surface area contributed by atoms with E-state index >= 15 is 0 Å². The van der Waals surface area contributed by atoms with Gasteiger partial charge in [-0.15, -0.1) is 0 Å². The molecule has 0 saturated heterocycles. The molecule has 2 rings (SSSR count). The van der Waals surface area contributed by atoms with Gasteiger partial charge < -0.3 is 28.4 Å². The summed E-state index contributed by atoms with van der Waals surface area (Å²) in [6.45, 7) is 8.35. The number of carbonyl (C=O) groups is 1. The molecule has 0 aromatic heterocycles. The second-order valence-corrected chi connectivity index (χ2v) is 11.6. The molecule has 0 bridgehead atoms. The van der Waals surface area contributed by atoms with Crippen molar-refractivity contribution in [3.63, 3.8) is 0 Å². The number of ether oxygens (including phenoxy) is 6. The van der Waals surface area contributed by atoms with Crippen molar-refractivity contribution in [2.75, 3.05) is 41.2 Å². The van der Waals surface area contributed by atoms with Gasteiger partial charge in [-0.05, 0) is 27.8 Å². The maximum atomic E-state index is 13.9. The Morgan fingerprint density at radius 3 is 1.37 bits per heavy atom. The van der Waals surface area contributed by atoms with Crippen LogP contribution in [0.3, 0.4) is 0 Å². The first-order valence-electron chi connectivity index (χ1n) is 15.7. The van der Waals surface area contributed by atoms with Gasteiger partial charge in [0.05, 0.1) is 46.5 Å². The predicted octanol–water partition coefficient (Wildman–Crippen LogP) is 8.09. The zero-order chi connectivity index (χ0) is 30.6. The number of hydrogen-bond acceptors (Lipinski definition) is 7. The second kappa shape index (κ2) is 23.3. The van der Waals surface area contributed by atoms with Crippen LogP contribution in [0.5, 0.6) is 34.5 Å². The minimum absolute atomic E-state index is 0. The summed E-state index contributed by atoms with van der Waals surface area (Å²) in [6.07, 6.45) is 13.2. The van der Waals surface area contributed by atoms with E-state index in [0.29, 0.717) is 59.9 Å². The summed E-state index contributed by atoms with van der Waals surface area (Å²) in [5.41, 5.74) is 0.240. The molecule has 0 heterocycles. The molecule has 2 aromatic carbocycles. The maximum absolute atomic E-state index is 13.9. The Hall–Kier alpha value is -2.06. The number of rotatable bonds is 24. The molecule has 0 saturated carbocycles. The van der Waals surface area contributed by atoms with Crippen LogP contribution < -0.4 is 33.7 Å². The van der Waals surface area contributed by atoms with E-state index in [1.54, 1.807) is 19.2 Å². The molecule has 2 aromatic rings. The van der Waals surface area contributed by atoms with Crippen molar-refractivity contribution in [1.29, 1.82) is 0 Å². The van der Waals surface area contributed by atoms with Crippen LogP contribution in [0.1, 0.15) is 108 Å². The van der Waals surface area contributed by atoms with Gasteiger partial charge in [0.2, 0.25) is 0 Å². The van der Waals surface area contributed by atoms with E-state index in [9.17, 15) is 4.79 Å². The Morgan fingerprint density at radius 1 is 0.558 bits per heavy atom. The van der Waals surface area contributed by atoms with Gasteiger partial charge >= 0.3 is 18.9 Å². The fourth-order valence-electron chi connectivity index (χ4n) is 4.55. The van der Waals surface area contributed by atoms with Crippen LogP contribution >= 0.6 is 8.58 Å². The Labute approximate surface area is 274 Å². The number of unbranched alkanes of at least 4 members (excludes halogenated alkanes) is 9. The monoisotopic (exact) mass is 612 g/mol. The molecule has 0 spiro atoms. The molecule has 7 nitrogen and oxygen atoms in total. The first-order valence-corrected chi connectivity index (χ1v) is 16.7. The predicted molar refractivity (Wildman–Crippen MR) is 181 cm³/mol. The van der Waals surface area contributed by atoms with E-state index in [-0.39, 0.29) is 33.0 Å². The first-order chi connectivity index (χ1) is 20.5. The number of methoxy groups -OCH3 is 3. The fourth-order valence-corrected chi connectivity index (χ4v) is 5.68. The van der Waals surface area contributed by atoms with E-state index in [0.717, 1.165) is 56.7 Å². The number of hydrogen-bond donors (Lipinski definition) is 0. The molecule has 238 valence electrons. The van der Waals surface area contributed by atoms with Crippen LogP contribution in [0.2, 0.25) is 0 Å². The van der Waals surface area contributed by atoms with Crippen LogP contribution in [-0.2, 0) is 0 Å². The molecule has 0 N–H and O–H groups in total. The zero-order valence-electron chi connectivity index (χ0n) is 26.8. The molecule has 0 fully saturated rings. The van der Waals surface area contributed by atoms with Crippen LogP contribution in [0, 0.1) is 0 Å². The van der Waals surface area contributed by atoms with Crippen molar-refractivity contribution in [3.05, 3.63) is 29.8 Å². The first kappa shape index (κ1) is 39.0. The van der Waals surface area contributed by atoms with Crippen LogP contribution in [0.4, 0.5) is 0 Å². The van der Waals surface area contributed by atoms with E-state index in [2.05, 4.69) is 20.8 Å². The Kier molecular flexibility index (Phi) is 21.1. The summed E-state index contributed by atoms with van der Waals surface area (Å²) in [6, 6.07) is 7.24. The Bertz CT molecular complexity index is 1000. The van der Waals surface area contributed by atoms with Crippen molar-refractivity contribution in [2.45, 2.75) is 97.8 Å². The summed E-state index contributed by atoms with van der Waals surface area (Å²) >= 11 is 0. The van der Waals surface area contributed by atoms with Gasteiger partial charge in [0.25, 0.3) is 0 Å². The van der Waals surface area contributed by atoms with Crippen LogP contribution in [0.25, 0.3) is 0 Å². The summed E-state index contributed by atoms with van der Waals surface area (Å²) in [5, 5.41) is 0.740. The molecular formula is C34H54LiO7P. The van der Waals surface area contributed by atoms with Crippen LogP contribution in [0.15, 0.2) is 24.3 Å². The van der Waals surface area contributed by atoms with Gasteiger partial charge in [0, 0.05) is 24.3 Å². The molecule has 0 radical (unpaired) electrons. The van der Waals surface area contributed by atoms with Gasteiger partial charge in [0.1, 0.15) is 40.1 Å². The van der Waals surface area contributed by atoms with Crippen molar-refractivity contribution in [2.24, 2.45) is 0 Å². The molecule has 1 atom stereocenters. The van der Waals surface area contributed by atoms with E-state index < -0.39 is 0 Å². The summed E-state index contributed by atoms with van der Waals surface area (Å²) in [7, 11) is 4.37. The van der Waals surface area contributed by atoms with Gasteiger partial charge in [-0.2, -0.15) is 0 Å². The van der Waals surface area contributed by atoms with Gasteiger partial charge in [-0.25, -0.2) is 0 Å². The molecular weight excluding hydrogens is 558 g/mol. The third-order valence-corrected chi connectivity index (χ3v) is 8.22. The van der Waals surface area contributed by atoms with Crippen molar-refractivity contribution >= 4 is 38.3 Å². The topological polar surface area (TPSA) is 72.5 Å². The SMILES string of the molecule is CCCCCCOc1cc(OCCCCCC)c(PC(=O)c2c(OC)cc(OC)cc2OC)c(OCCCCCC)c1.[LiH]. The second-order valence-electron chi connectivity index (χ2n) is 10.4. The van der Waals surface area contributed by atoms with Gasteiger partial charge in [-0.1, -0.05) is 78.6 Å². The Balaban J connectivity index is 0.00000924. The molecule has 0 amide bonds. The zero-order valence-corrected chi connectivity index (χ0v) is 27.8. The quantitative estimate of drug-likeness (QED) is 0.0674. The van der Waals surface area contributed by atoms with E-state index in [1.165, 1.54) is 39.9 Å². The minimum atomic E-state index is -0.273. The van der Waals surface area contributed by atoms with Crippen molar-refractivity contribution < 1.29 is 33.2 Å². The molecule has 0 aliphatic heterocycles. The molecule has 43 heavy (non-hydrogen) atoms. The Morgan fingerprint density at radius 2 is 0.977 bits per heavy atom. The third-order valence-electron chi connectivity index (χ3n) is 7.00. The van der Waals surface area contributed by atoms with Gasteiger partial charge in [-0.3, -0.25) is 4.79 Å².